The van der Waals surface area contributed by atoms with Gasteiger partial charge in [0.1, 0.15) is 0 Å². The third kappa shape index (κ3) is 2.46. The van der Waals surface area contributed by atoms with Crippen LogP contribution in [0.25, 0.3) is 11.3 Å². The molecule has 0 spiro atoms. The Morgan fingerprint density at radius 2 is 2.11 bits per heavy atom. The number of imidazole rings is 1. The first kappa shape index (κ1) is 11.5. The molecule has 2 aromatic rings. The van der Waals surface area contributed by atoms with Crippen LogP contribution >= 0.6 is 0 Å². The summed E-state index contributed by atoms with van der Waals surface area (Å²) >= 11 is 0. The lowest BCUT2D eigenvalue weighted by atomic mass is 10.0. The van der Waals surface area contributed by atoms with Gasteiger partial charge in [-0.25, -0.2) is 4.98 Å². The van der Waals surface area contributed by atoms with Gasteiger partial charge in [0.15, 0.2) is 0 Å². The van der Waals surface area contributed by atoms with Crippen LogP contribution in [0.5, 0.6) is 0 Å². The molecule has 0 saturated carbocycles. The first-order chi connectivity index (χ1) is 8.93. The van der Waals surface area contributed by atoms with Crippen molar-refractivity contribution >= 4 is 0 Å². The van der Waals surface area contributed by atoms with E-state index >= 15 is 0 Å². The summed E-state index contributed by atoms with van der Waals surface area (Å²) in [5.41, 5.74) is 2.45. The van der Waals surface area contributed by atoms with Crippen LogP contribution in [0.1, 0.15) is 19.3 Å². The highest BCUT2D eigenvalue weighted by Gasteiger charge is 2.14. The molecule has 1 N–H and O–H groups in total. The highest BCUT2D eigenvalue weighted by atomic mass is 15.1. The third-order valence-electron chi connectivity index (χ3n) is 3.61. The van der Waals surface area contributed by atoms with Gasteiger partial charge in [-0.2, -0.15) is 0 Å². The lowest BCUT2D eigenvalue weighted by Crippen LogP contribution is -2.37. The lowest BCUT2D eigenvalue weighted by molar-refractivity contribution is 0.364. The molecule has 1 atom stereocenters. The largest absolute Gasteiger partial charge is 0.329 e. The minimum Gasteiger partial charge on any atom is -0.329 e. The first-order valence-electron chi connectivity index (χ1n) is 6.72. The summed E-state index contributed by atoms with van der Waals surface area (Å²) in [5.74, 6) is 0. The normalized spacial score (nSPS) is 19.9. The Morgan fingerprint density at radius 1 is 1.22 bits per heavy atom. The highest BCUT2D eigenvalue weighted by Crippen LogP contribution is 2.19. The van der Waals surface area contributed by atoms with Crippen molar-refractivity contribution < 1.29 is 0 Å². The number of hydrogen-bond acceptors (Lipinski definition) is 2. The van der Waals surface area contributed by atoms with Gasteiger partial charge in [-0.1, -0.05) is 36.8 Å². The van der Waals surface area contributed by atoms with Gasteiger partial charge in [0.25, 0.3) is 0 Å². The molecule has 0 radical (unpaired) electrons. The maximum absolute atomic E-state index is 4.30. The Balaban J connectivity index is 1.79. The van der Waals surface area contributed by atoms with Gasteiger partial charge in [-0.05, 0) is 24.9 Å². The van der Waals surface area contributed by atoms with E-state index in [1.165, 1.54) is 30.5 Å². The number of nitrogens with one attached hydrogen (secondary N) is 1. The van der Waals surface area contributed by atoms with E-state index in [-0.39, 0.29) is 0 Å². The number of benzene rings is 1. The highest BCUT2D eigenvalue weighted by molar-refractivity contribution is 5.58. The first-order valence-corrected chi connectivity index (χ1v) is 6.72. The zero-order valence-corrected chi connectivity index (χ0v) is 10.5. The van der Waals surface area contributed by atoms with Crippen LogP contribution in [-0.4, -0.2) is 22.1 Å². The van der Waals surface area contributed by atoms with Crippen molar-refractivity contribution in [2.24, 2.45) is 0 Å². The van der Waals surface area contributed by atoms with E-state index < -0.39 is 0 Å². The zero-order chi connectivity index (χ0) is 12.2. The molecule has 2 heterocycles. The maximum atomic E-state index is 4.30. The van der Waals surface area contributed by atoms with E-state index in [1.54, 1.807) is 0 Å². The van der Waals surface area contributed by atoms with E-state index in [9.17, 15) is 0 Å². The summed E-state index contributed by atoms with van der Waals surface area (Å²) in [4.78, 5) is 4.30. The number of aromatic nitrogens is 2. The SMILES string of the molecule is c1ccc(-c2cncn2CC2CCCCN2)cc1. The molecule has 1 aromatic carbocycles. The van der Waals surface area contributed by atoms with Gasteiger partial charge in [-0.3, -0.25) is 0 Å². The summed E-state index contributed by atoms with van der Waals surface area (Å²) in [6, 6.07) is 11.1. The van der Waals surface area contributed by atoms with Crippen molar-refractivity contribution in [3.8, 4) is 11.3 Å². The molecule has 3 nitrogen and oxygen atoms in total. The molecule has 1 fully saturated rings. The topological polar surface area (TPSA) is 29.9 Å². The molecule has 0 bridgehead atoms. The van der Waals surface area contributed by atoms with Gasteiger partial charge in [0.2, 0.25) is 0 Å². The molecule has 18 heavy (non-hydrogen) atoms. The van der Waals surface area contributed by atoms with E-state index in [1.807, 2.05) is 18.6 Å². The van der Waals surface area contributed by atoms with Gasteiger partial charge < -0.3 is 9.88 Å². The van der Waals surface area contributed by atoms with Gasteiger partial charge in [-0.15, -0.1) is 0 Å². The average molecular weight is 241 g/mol. The average Bonchev–Trinajstić information content (AvgIpc) is 2.89. The molecule has 3 rings (SSSR count). The Hall–Kier alpha value is -1.61. The number of hydrogen-bond donors (Lipinski definition) is 1. The second-order valence-electron chi connectivity index (χ2n) is 4.94. The van der Waals surface area contributed by atoms with Crippen molar-refractivity contribution in [1.82, 2.24) is 14.9 Å². The lowest BCUT2D eigenvalue weighted by Gasteiger charge is -2.24. The van der Waals surface area contributed by atoms with Crippen LogP contribution in [0.2, 0.25) is 0 Å². The molecule has 0 amide bonds. The second kappa shape index (κ2) is 5.36. The number of piperidine rings is 1. The minimum absolute atomic E-state index is 0.593. The Kier molecular flexibility index (Phi) is 3.42. The smallest absolute Gasteiger partial charge is 0.0951 e. The van der Waals surface area contributed by atoms with Gasteiger partial charge >= 0.3 is 0 Å². The molecule has 1 aliphatic heterocycles. The van der Waals surface area contributed by atoms with E-state index in [2.05, 4.69) is 39.1 Å². The van der Waals surface area contributed by atoms with Crippen LogP contribution < -0.4 is 5.32 Å². The Morgan fingerprint density at radius 3 is 2.89 bits per heavy atom. The molecule has 1 unspecified atom stereocenters. The van der Waals surface area contributed by atoms with Crippen molar-refractivity contribution in [3.05, 3.63) is 42.9 Å². The third-order valence-corrected chi connectivity index (χ3v) is 3.61. The number of rotatable bonds is 3. The quantitative estimate of drug-likeness (QED) is 0.895. The fourth-order valence-electron chi connectivity index (χ4n) is 2.63. The summed E-state index contributed by atoms with van der Waals surface area (Å²) in [5, 5.41) is 3.59. The van der Waals surface area contributed by atoms with Crippen molar-refractivity contribution in [2.45, 2.75) is 31.8 Å². The molecular weight excluding hydrogens is 222 g/mol. The minimum atomic E-state index is 0.593. The van der Waals surface area contributed by atoms with Crippen LogP contribution in [0.4, 0.5) is 0 Å². The fraction of sp³-hybridized carbons (Fsp3) is 0.400. The predicted octanol–water partition coefficient (Wildman–Crippen LogP) is 2.69. The Labute approximate surface area is 108 Å². The van der Waals surface area contributed by atoms with Gasteiger partial charge in [0, 0.05) is 12.6 Å². The molecule has 1 saturated heterocycles. The van der Waals surface area contributed by atoms with Gasteiger partial charge in [0.05, 0.1) is 18.2 Å². The predicted molar refractivity (Wildman–Crippen MR) is 73.3 cm³/mol. The summed E-state index contributed by atoms with van der Waals surface area (Å²) in [6.07, 6.45) is 7.82. The standard InChI is InChI=1S/C15H19N3/c1-2-6-13(7-3-1)15-10-16-12-18(15)11-14-8-4-5-9-17-14/h1-3,6-7,10,12,14,17H,4-5,8-9,11H2. The van der Waals surface area contributed by atoms with E-state index in [0.29, 0.717) is 6.04 Å². The molecule has 1 aromatic heterocycles. The van der Waals surface area contributed by atoms with Crippen molar-refractivity contribution in [2.75, 3.05) is 6.54 Å². The molecular formula is C15H19N3. The summed E-state index contributed by atoms with van der Waals surface area (Å²) < 4.78 is 2.26. The number of nitrogens with zero attached hydrogens (tertiary/aromatic N) is 2. The summed E-state index contributed by atoms with van der Waals surface area (Å²) in [7, 11) is 0. The summed E-state index contributed by atoms with van der Waals surface area (Å²) in [6.45, 7) is 2.17. The van der Waals surface area contributed by atoms with Crippen molar-refractivity contribution in [3.63, 3.8) is 0 Å². The van der Waals surface area contributed by atoms with Crippen LogP contribution in [0.15, 0.2) is 42.9 Å². The fourth-order valence-corrected chi connectivity index (χ4v) is 2.63. The maximum Gasteiger partial charge on any atom is 0.0951 e. The van der Waals surface area contributed by atoms with Crippen LogP contribution in [-0.2, 0) is 6.54 Å². The Bertz CT molecular complexity index is 483. The van der Waals surface area contributed by atoms with Crippen LogP contribution in [0.3, 0.4) is 0 Å². The van der Waals surface area contributed by atoms with E-state index in [4.69, 9.17) is 0 Å². The molecule has 94 valence electrons. The van der Waals surface area contributed by atoms with Crippen LogP contribution in [0, 0.1) is 0 Å². The molecule has 3 heteroatoms. The van der Waals surface area contributed by atoms with Crippen molar-refractivity contribution in [1.29, 1.82) is 0 Å². The monoisotopic (exact) mass is 241 g/mol. The second-order valence-corrected chi connectivity index (χ2v) is 4.94. The zero-order valence-electron chi connectivity index (χ0n) is 10.5. The van der Waals surface area contributed by atoms with E-state index in [0.717, 1.165) is 13.1 Å². The molecule has 1 aliphatic rings. The molecule has 0 aliphatic carbocycles.